The van der Waals surface area contributed by atoms with Crippen LogP contribution in [0.1, 0.15) is 11.1 Å². The lowest BCUT2D eigenvalue weighted by Crippen LogP contribution is -2.28. The van der Waals surface area contributed by atoms with Crippen LogP contribution in [0.15, 0.2) is 97.2 Å². The second-order valence-corrected chi connectivity index (χ2v) is 6.11. The molecule has 3 nitrogen and oxygen atoms in total. The second kappa shape index (κ2) is 6.55. The molecular weight excluding hydrogens is 310 g/mol. The molecule has 0 saturated heterocycles. The summed E-state index contributed by atoms with van der Waals surface area (Å²) in [6.45, 7) is 0.585. The Kier molecular flexibility index (Phi) is 4.10. The summed E-state index contributed by atoms with van der Waals surface area (Å²) in [6.07, 6.45) is 3.45. The molecule has 0 radical (unpaired) electrons. The third-order valence-corrected chi connectivity index (χ3v) is 4.31. The van der Waals surface area contributed by atoms with Crippen LogP contribution in [0.5, 0.6) is 0 Å². The highest BCUT2D eigenvalue weighted by molar-refractivity contribution is 5.63. The van der Waals surface area contributed by atoms with Gasteiger partial charge in [0.25, 0.3) is 0 Å². The number of hydrogen-bond donors (Lipinski definition) is 1. The molecular formula is C22H19NO2. The Morgan fingerprint density at radius 1 is 0.760 bits per heavy atom. The number of nitrogens with zero attached hydrogens (tertiary/aromatic N) is 1. The van der Waals surface area contributed by atoms with Gasteiger partial charge in [-0.25, -0.2) is 4.84 Å². The fourth-order valence-electron chi connectivity index (χ4n) is 2.95. The molecule has 3 aromatic rings. The molecule has 25 heavy (non-hydrogen) atoms. The minimum absolute atomic E-state index is 0.585. The minimum atomic E-state index is -1.43. The number of hydroxylamine groups is 2. The van der Waals surface area contributed by atoms with Crippen molar-refractivity contribution in [1.29, 1.82) is 0 Å². The van der Waals surface area contributed by atoms with E-state index in [2.05, 4.69) is 12.1 Å². The van der Waals surface area contributed by atoms with E-state index in [-0.39, 0.29) is 0 Å². The molecule has 0 amide bonds. The van der Waals surface area contributed by atoms with Crippen molar-refractivity contribution in [2.45, 2.75) is 12.3 Å². The molecule has 1 unspecified atom stereocenters. The van der Waals surface area contributed by atoms with Crippen LogP contribution >= 0.6 is 0 Å². The van der Waals surface area contributed by atoms with E-state index in [0.29, 0.717) is 12.1 Å². The lowest BCUT2D eigenvalue weighted by atomic mass is 10.0. The summed E-state index contributed by atoms with van der Waals surface area (Å²) in [5.74, 6) is -1.43. The molecule has 4 rings (SSSR count). The molecule has 1 N–H and O–H groups in total. The quantitative estimate of drug-likeness (QED) is 0.767. The van der Waals surface area contributed by atoms with Gasteiger partial charge in [0.05, 0.1) is 6.54 Å². The molecule has 0 aliphatic carbocycles. The molecule has 3 heteroatoms. The van der Waals surface area contributed by atoms with Crippen LogP contribution in [-0.4, -0.2) is 10.2 Å². The summed E-state index contributed by atoms with van der Waals surface area (Å²) in [7, 11) is 0. The van der Waals surface area contributed by atoms with Crippen LogP contribution in [-0.2, 0) is 17.2 Å². The molecule has 0 bridgehead atoms. The predicted octanol–water partition coefficient (Wildman–Crippen LogP) is 4.46. The molecule has 1 heterocycles. The summed E-state index contributed by atoms with van der Waals surface area (Å²) in [4.78, 5) is 5.76. The normalized spacial score (nSPS) is 19.3. The predicted molar refractivity (Wildman–Crippen MR) is 98.0 cm³/mol. The first kappa shape index (κ1) is 15.6. The molecule has 124 valence electrons. The molecule has 1 atom stereocenters. The monoisotopic (exact) mass is 329 g/mol. The van der Waals surface area contributed by atoms with Gasteiger partial charge in [0, 0.05) is 11.8 Å². The van der Waals surface area contributed by atoms with E-state index in [1.807, 2.05) is 72.8 Å². The minimum Gasteiger partial charge on any atom is -0.357 e. The van der Waals surface area contributed by atoms with Gasteiger partial charge in [-0.15, -0.1) is 0 Å². The number of rotatable bonds is 4. The van der Waals surface area contributed by atoms with Crippen molar-refractivity contribution in [2.75, 3.05) is 0 Å². The van der Waals surface area contributed by atoms with Crippen molar-refractivity contribution in [2.24, 2.45) is 0 Å². The summed E-state index contributed by atoms with van der Waals surface area (Å²) in [5.41, 5.74) is 4.08. The van der Waals surface area contributed by atoms with Gasteiger partial charge in [0.1, 0.15) is 0 Å². The Morgan fingerprint density at radius 3 is 2.04 bits per heavy atom. The highest BCUT2D eigenvalue weighted by Gasteiger charge is 2.34. The van der Waals surface area contributed by atoms with Crippen LogP contribution in [0.3, 0.4) is 0 Å². The van der Waals surface area contributed by atoms with Gasteiger partial charge in [0.2, 0.25) is 5.79 Å². The molecule has 3 aromatic carbocycles. The van der Waals surface area contributed by atoms with Crippen LogP contribution in [0, 0.1) is 0 Å². The topological polar surface area (TPSA) is 32.7 Å². The maximum Gasteiger partial charge on any atom is 0.238 e. The van der Waals surface area contributed by atoms with E-state index in [1.165, 1.54) is 0 Å². The molecule has 1 aliphatic rings. The zero-order valence-electron chi connectivity index (χ0n) is 13.7. The average molecular weight is 329 g/mol. The first-order chi connectivity index (χ1) is 12.2. The van der Waals surface area contributed by atoms with E-state index in [4.69, 9.17) is 4.84 Å². The van der Waals surface area contributed by atoms with E-state index < -0.39 is 5.79 Å². The fourth-order valence-corrected chi connectivity index (χ4v) is 2.95. The van der Waals surface area contributed by atoms with Gasteiger partial charge in [-0.2, -0.15) is 0 Å². The number of benzene rings is 3. The summed E-state index contributed by atoms with van der Waals surface area (Å²) < 4.78 is 0. The van der Waals surface area contributed by atoms with Gasteiger partial charge in [-0.1, -0.05) is 84.9 Å². The van der Waals surface area contributed by atoms with Crippen molar-refractivity contribution in [3.63, 3.8) is 0 Å². The number of aliphatic hydroxyl groups is 1. The Hall–Kier alpha value is -2.88. The maximum absolute atomic E-state index is 10.8. The fraction of sp³-hybridized carbons (Fsp3) is 0.0909. The Balaban J connectivity index is 1.49. The molecule has 1 aliphatic heterocycles. The van der Waals surface area contributed by atoms with Gasteiger partial charge in [-0.3, -0.25) is 5.06 Å². The molecule has 0 fully saturated rings. The van der Waals surface area contributed by atoms with E-state index >= 15 is 0 Å². The third-order valence-electron chi connectivity index (χ3n) is 4.31. The molecule has 0 spiro atoms. The van der Waals surface area contributed by atoms with Crippen molar-refractivity contribution >= 4 is 0 Å². The summed E-state index contributed by atoms with van der Waals surface area (Å²) in [5, 5.41) is 12.5. The zero-order valence-corrected chi connectivity index (χ0v) is 13.7. The molecule has 0 saturated carbocycles. The van der Waals surface area contributed by atoms with Gasteiger partial charge < -0.3 is 5.11 Å². The zero-order chi connectivity index (χ0) is 17.1. The van der Waals surface area contributed by atoms with Crippen molar-refractivity contribution in [1.82, 2.24) is 5.06 Å². The van der Waals surface area contributed by atoms with Gasteiger partial charge in [-0.05, 0) is 22.8 Å². The van der Waals surface area contributed by atoms with Crippen molar-refractivity contribution < 1.29 is 9.94 Å². The lowest BCUT2D eigenvalue weighted by molar-refractivity contribution is -0.280. The average Bonchev–Trinajstić information content (AvgIpc) is 3.05. The van der Waals surface area contributed by atoms with Crippen LogP contribution in [0.25, 0.3) is 11.1 Å². The highest BCUT2D eigenvalue weighted by Crippen LogP contribution is 2.32. The third kappa shape index (κ3) is 3.33. The number of hydrogen-bond acceptors (Lipinski definition) is 3. The second-order valence-electron chi connectivity index (χ2n) is 6.11. The van der Waals surface area contributed by atoms with Crippen LogP contribution < -0.4 is 0 Å². The Morgan fingerprint density at radius 2 is 1.36 bits per heavy atom. The smallest absolute Gasteiger partial charge is 0.238 e. The first-order valence-electron chi connectivity index (χ1n) is 8.30. The first-order valence-corrected chi connectivity index (χ1v) is 8.30. The maximum atomic E-state index is 10.8. The van der Waals surface area contributed by atoms with E-state index in [0.717, 1.165) is 16.7 Å². The van der Waals surface area contributed by atoms with E-state index in [1.54, 1.807) is 17.3 Å². The SMILES string of the molecule is OC1(c2ccc(-c3ccccc3)cc2)C=CN(Cc2ccccc2)O1. The van der Waals surface area contributed by atoms with E-state index in [9.17, 15) is 5.11 Å². The largest absolute Gasteiger partial charge is 0.357 e. The van der Waals surface area contributed by atoms with Crippen molar-refractivity contribution in [3.8, 4) is 11.1 Å². The standard InChI is InChI=1S/C22H19NO2/c24-22(15-16-23(25-22)17-18-7-3-1-4-8-18)21-13-11-20(12-14-21)19-9-5-2-6-10-19/h1-16,24H,17H2. The van der Waals surface area contributed by atoms with Crippen LogP contribution in [0.2, 0.25) is 0 Å². The Bertz CT molecular complexity index is 860. The Labute approximate surface area is 147 Å². The van der Waals surface area contributed by atoms with Gasteiger partial charge >= 0.3 is 0 Å². The van der Waals surface area contributed by atoms with Crippen molar-refractivity contribution in [3.05, 3.63) is 108 Å². The lowest BCUT2D eigenvalue weighted by Gasteiger charge is -2.25. The molecule has 0 aromatic heterocycles. The summed E-state index contributed by atoms with van der Waals surface area (Å²) in [6, 6.07) is 28.0. The highest BCUT2D eigenvalue weighted by atomic mass is 16.8. The van der Waals surface area contributed by atoms with Gasteiger partial charge in [0.15, 0.2) is 0 Å². The van der Waals surface area contributed by atoms with Crippen LogP contribution in [0.4, 0.5) is 0 Å². The summed E-state index contributed by atoms with van der Waals surface area (Å²) >= 11 is 0.